The summed E-state index contributed by atoms with van der Waals surface area (Å²) in [5, 5.41) is 0.621. The van der Waals surface area contributed by atoms with Crippen LogP contribution >= 0.6 is 11.6 Å². The van der Waals surface area contributed by atoms with E-state index in [0.717, 1.165) is 34.7 Å². The SMILES string of the molecule is O=C(COc1ccc(Cl)cc1)N(Cc1ccccc1)c1ccc2c(c1)nc1n2CCOC1. The Morgan fingerprint density at radius 2 is 1.91 bits per heavy atom. The zero-order valence-electron chi connectivity index (χ0n) is 17.4. The van der Waals surface area contributed by atoms with Gasteiger partial charge in [-0.05, 0) is 48.0 Å². The van der Waals surface area contributed by atoms with E-state index >= 15 is 0 Å². The molecule has 5 rings (SSSR count). The van der Waals surface area contributed by atoms with Crippen LogP contribution in [0.2, 0.25) is 5.02 Å². The van der Waals surface area contributed by atoms with Crippen molar-refractivity contribution in [3.63, 3.8) is 0 Å². The van der Waals surface area contributed by atoms with Crippen LogP contribution in [-0.4, -0.2) is 28.7 Å². The number of imidazole rings is 1. The Hall–Kier alpha value is -3.35. The van der Waals surface area contributed by atoms with E-state index in [9.17, 15) is 4.79 Å². The largest absolute Gasteiger partial charge is 0.484 e. The maximum atomic E-state index is 13.2. The average Bonchev–Trinajstić information content (AvgIpc) is 3.20. The zero-order valence-corrected chi connectivity index (χ0v) is 18.2. The molecule has 0 radical (unpaired) electrons. The first kappa shape index (κ1) is 20.5. The van der Waals surface area contributed by atoms with Gasteiger partial charge in [0.15, 0.2) is 6.61 Å². The lowest BCUT2D eigenvalue weighted by molar-refractivity contribution is -0.120. The van der Waals surface area contributed by atoms with Crippen molar-refractivity contribution < 1.29 is 14.3 Å². The van der Waals surface area contributed by atoms with Crippen molar-refractivity contribution in [2.45, 2.75) is 19.7 Å². The first-order valence-electron chi connectivity index (χ1n) is 10.5. The van der Waals surface area contributed by atoms with Gasteiger partial charge in [0.05, 0.1) is 24.2 Å². The normalized spacial score (nSPS) is 13.0. The van der Waals surface area contributed by atoms with Crippen molar-refractivity contribution in [1.29, 1.82) is 0 Å². The van der Waals surface area contributed by atoms with Crippen LogP contribution in [0.4, 0.5) is 5.69 Å². The fraction of sp³-hybridized carbons (Fsp3) is 0.200. The second-order valence-corrected chi connectivity index (χ2v) is 8.05. The summed E-state index contributed by atoms with van der Waals surface area (Å²) in [7, 11) is 0. The van der Waals surface area contributed by atoms with Crippen molar-refractivity contribution in [3.05, 3.63) is 89.2 Å². The lowest BCUT2D eigenvalue weighted by Gasteiger charge is -2.23. The van der Waals surface area contributed by atoms with Crippen molar-refractivity contribution in [2.75, 3.05) is 18.1 Å². The van der Waals surface area contributed by atoms with Crippen LogP contribution < -0.4 is 9.64 Å². The first-order valence-corrected chi connectivity index (χ1v) is 10.8. The number of aromatic nitrogens is 2. The number of amides is 1. The van der Waals surface area contributed by atoms with Gasteiger partial charge in [0, 0.05) is 17.3 Å². The predicted octanol–water partition coefficient (Wildman–Crippen LogP) is 4.83. The van der Waals surface area contributed by atoms with Crippen molar-refractivity contribution in [3.8, 4) is 5.75 Å². The Labute approximate surface area is 191 Å². The fourth-order valence-corrected chi connectivity index (χ4v) is 3.98. The van der Waals surface area contributed by atoms with Gasteiger partial charge in [0.25, 0.3) is 5.91 Å². The first-order chi connectivity index (χ1) is 15.7. The molecule has 0 unspecified atom stereocenters. The standard InChI is InChI=1S/C25H22ClN3O3/c26-19-6-9-21(10-7-19)32-17-25(30)29(15-18-4-2-1-3-5-18)20-8-11-23-22(14-20)27-24-16-31-13-12-28(23)24/h1-11,14H,12-13,15-17H2. The van der Waals surface area contributed by atoms with E-state index in [4.69, 9.17) is 26.1 Å². The van der Waals surface area contributed by atoms with E-state index in [1.54, 1.807) is 29.2 Å². The van der Waals surface area contributed by atoms with Gasteiger partial charge in [-0.3, -0.25) is 4.79 Å². The van der Waals surface area contributed by atoms with Gasteiger partial charge < -0.3 is 18.9 Å². The zero-order chi connectivity index (χ0) is 21.9. The second-order valence-electron chi connectivity index (χ2n) is 7.61. The quantitative estimate of drug-likeness (QED) is 0.424. The number of ether oxygens (including phenoxy) is 2. The monoisotopic (exact) mass is 447 g/mol. The van der Waals surface area contributed by atoms with Crippen LogP contribution in [0.5, 0.6) is 5.75 Å². The molecule has 1 aliphatic heterocycles. The molecule has 0 atom stereocenters. The van der Waals surface area contributed by atoms with Crippen molar-refractivity contribution >= 4 is 34.2 Å². The average molecular weight is 448 g/mol. The molecule has 32 heavy (non-hydrogen) atoms. The Morgan fingerprint density at radius 3 is 2.72 bits per heavy atom. The van der Waals surface area contributed by atoms with E-state index in [1.165, 1.54) is 0 Å². The molecular formula is C25H22ClN3O3. The van der Waals surface area contributed by atoms with Crippen LogP contribution in [0.15, 0.2) is 72.8 Å². The van der Waals surface area contributed by atoms with Crippen LogP contribution in [0, 0.1) is 0 Å². The predicted molar refractivity (Wildman–Crippen MR) is 124 cm³/mol. The highest BCUT2D eigenvalue weighted by Crippen LogP contribution is 2.26. The molecular weight excluding hydrogens is 426 g/mol. The number of carbonyl (C=O) groups is 1. The third kappa shape index (κ3) is 4.33. The summed E-state index contributed by atoms with van der Waals surface area (Å²) in [6, 6.07) is 22.8. The number of carbonyl (C=O) groups excluding carboxylic acids is 1. The summed E-state index contributed by atoms with van der Waals surface area (Å²) in [4.78, 5) is 19.7. The summed E-state index contributed by atoms with van der Waals surface area (Å²) >= 11 is 5.93. The van der Waals surface area contributed by atoms with E-state index in [0.29, 0.717) is 30.5 Å². The maximum absolute atomic E-state index is 13.2. The summed E-state index contributed by atoms with van der Waals surface area (Å²) in [6.45, 7) is 2.32. The van der Waals surface area contributed by atoms with Crippen LogP contribution in [0.25, 0.3) is 11.0 Å². The van der Waals surface area contributed by atoms with E-state index < -0.39 is 0 Å². The number of hydrogen-bond acceptors (Lipinski definition) is 4. The maximum Gasteiger partial charge on any atom is 0.265 e. The molecule has 3 aromatic carbocycles. The molecule has 162 valence electrons. The van der Waals surface area contributed by atoms with Gasteiger partial charge in [0.1, 0.15) is 18.2 Å². The van der Waals surface area contributed by atoms with Crippen LogP contribution in [0.3, 0.4) is 0 Å². The van der Waals surface area contributed by atoms with Gasteiger partial charge in [-0.25, -0.2) is 4.98 Å². The molecule has 1 aromatic heterocycles. The Balaban J connectivity index is 1.43. The van der Waals surface area contributed by atoms with Gasteiger partial charge >= 0.3 is 0 Å². The van der Waals surface area contributed by atoms with Gasteiger partial charge in [-0.1, -0.05) is 41.9 Å². The summed E-state index contributed by atoms with van der Waals surface area (Å²) in [6.07, 6.45) is 0. The van der Waals surface area contributed by atoms with Crippen molar-refractivity contribution in [1.82, 2.24) is 9.55 Å². The lowest BCUT2D eigenvalue weighted by atomic mass is 10.2. The van der Waals surface area contributed by atoms with Gasteiger partial charge in [-0.2, -0.15) is 0 Å². The minimum Gasteiger partial charge on any atom is -0.484 e. The molecule has 6 nitrogen and oxygen atoms in total. The smallest absolute Gasteiger partial charge is 0.265 e. The van der Waals surface area contributed by atoms with Crippen molar-refractivity contribution in [2.24, 2.45) is 0 Å². The summed E-state index contributed by atoms with van der Waals surface area (Å²) in [5.41, 5.74) is 3.72. The number of nitrogens with zero attached hydrogens (tertiary/aromatic N) is 3. The molecule has 1 amide bonds. The molecule has 2 heterocycles. The lowest BCUT2D eigenvalue weighted by Crippen LogP contribution is -2.34. The molecule has 0 fully saturated rings. The number of benzene rings is 3. The number of hydrogen-bond donors (Lipinski definition) is 0. The molecule has 4 aromatic rings. The van der Waals surface area contributed by atoms with Gasteiger partial charge in [0.2, 0.25) is 0 Å². The molecule has 0 aliphatic carbocycles. The highest BCUT2D eigenvalue weighted by Gasteiger charge is 2.20. The van der Waals surface area contributed by atoms with E-state index in [-0.39, 0.29) is 12.5 Å². The number of halogens is 1. The molecule has 0 spiro atoms. The fourth-order valence-electron chi connectivity index (χ4n) is 3.86. The van der Waals surface area contributed by atoms with Crippen LogP contribution in [-0.2, 0) is 29.2 Å². The van der Waals surface area contributed by atoms with E-state index in [2.05, 4.69) is 4.57 Å². The molecule has 0 saturated carbocycles. The van der Waals surface area contributed by atoms with Crippen LogP contribution in [0.1, 0.15) is 11.4 Å². The minimum absolute atomic E-state index is 0.0833. The second kappa shape index (κ2) is 9.02. The Bertz CT molecular complexity index is 1240. The highest BCUT2D eigenvalue weighted by molar-refractivity contribution is 6.30. The molecule has 1 aliphatic rings. The molecule has 7 heteroatoms. The van der Waals surface area contributed by atoms with Gasteiger partial charge in [-0.15, -0.1) is 0 Å². The molecule has 0 saturated heterocycles. The Morgan fingerprint density at radius 1 is 1.09 bits per heavy atom. The Kier molecular flexibility index (Phi) is 5.79. The third-order valence-corrected chi connectivity index (χ3v) is 5.73. The highest BCUT2D eigenvalue weighted by atomic mass is 35.5. The summed E-state index contributed by atoms with van der Waals surface area (Å²) < 4.78 is 13.4. The minimum atomic E-state index is -0.143. The molecule has 0 N–H and O–H groups in total. The number of rotatable bonds is 6. The molecule has 0 bridgehead atoms. The third-order valence-electron chi connectivity index (χ3n) is 5.47. The number of fused-ring (bicyclic) bond motifs is 3. The topological polar surface area (TPSA) is 56.6 Å². The number of anilines is 1. The van der Waals surface area contributed by atoms with E-state index in [1.807, 2.05) is 48.5 Å². The summed E-state index contributed by atoms with van der Waals surface area (Å²) in [5.74, 6) is 1.37.